The largest absolute Gasteiger partial charge is 0.472 e. The summed E-state index contributed by atoms with van der Waals surface area (Å²) in [6.45, 7) is 3.61. The number of ether oxygens (including phenoxy) is 2. The predicted octanol–water partition coefficient (Wildman–Crippen LogP) is 22.1. The summed E-state index contributed by atoms with van der Waals surface area (Å²) in [6.07, 6.45) is 95.3. The second kappa shape index (κ2) is 67.3. The van der Waals surface area contributed by atoms with Crippen LogP contribution in [0.2, 0.25) is 0 Å². The summed E-state index contributed by atoms with van der Waals surface area (Å²) in [7, 11) is -4.40. The molecule has 0 heterocycles. The van der Waals surface area contributed by atoms with Crippen LogP contribution in [0.5, 0.6) is 0 Å². The van der Waals surface area contributed by atoms with Crippen molar-refractivity contribution in [2.24, 2.45) is 5.73 Å². The van der Waals surface area contributed by atoms with Crippen molar-refractivity contribution in [3.05, 3.63) is 134 Å². The third-order valence-corrected chi connectivity index (χ3v) is 15.0. The minimum atomic E-state index is -4.40. The Morgan fingerprint density at radius 1 is 0.373 bits per heavy atom. The molecule has 0 bridgehead atoms. The Balaban J connectivity index is 3.90. The van der Waals surface area contributed by atoms with Gasteiger partial charge < -0.3 is 20.1 Å². The van der Waals surface area contributed by atoms with Gasteiger partial charge in [0.25, 0.3) is 0 Å². The first-order valence-corrected chi connectivity index (χ1v) is 35.2. The number of phosphoric ester groups is 1. The molecule has 3 N–H and O–H groups in total. The minimum absolute atomic E-state index is 0.0469. The van der Waals surface area contributed by atoms with Gasteiger partial charge in [0.05, 0.1) is 13.2 Å². The highest BCUT2D eigenvalue weighted by molar-refractivity contribution is 7.47. The van der Waals surface area contributed by atoms with E-state index >= 15 is 0 Å². The molecule has 0 radical (unpaired) electrons. The Labute approximate surface area is 510 Å². The maximum absolute atomic E-state index is 12.7. The van der Waals surface area contributed by atoms with Crippen LogP contribution in [0.25, 0.3) is 0 Å². The molecular formula is C73H124NO8P. The van der Waals surface area contributed by atoms with Crippen LogP contribution < -0.4 is 5.73 Å². The number of phosphoric acid groups is 1. The van der Waals surface area contributed by atoms with Crippen molar-refractivity contribution in [2.75, 3.05) is 26.4 Å². The van der Waals surface area contributed by atoms with Gasteiger partial charge in [0.15, 0.2) is 6.10 Å². The fourth-order valence-electron chi connectivity index (χ4n) is 9.07. The molecule has 0 spiro atoms. The lowest BCUT2D eigenvalue weighted by molar-refractivity contribution is -0.161. The molecule has 10 heteroatoms. The summed E-state index contributed by atoms with van der Waals surface area (Å²) in [4.78, 5) is 35.3. The SMILES string of the molecule is CC/C=C\C/C=C\C/C=C\C/C=C\C/C=C\C/C=C\C/C=C\C/C=C\CCCCCCCCCCCCCCCCCCC(=O)OC(COC(=O)CCCCCCCC/C=C\C/C=C\C/C=C\CCCCCCC)COP(=O)(O)OCCN. The van der Waals surface area contributed by atoms with Crippen LogP contribution in [0.3, 0.4) is 0 Å². The normalized spacial score (nSPS) is 13.8. The number of rotatable bonds is 62. The molecule has 83 heavy (non-hydrogen) atoms. The van der Waals surface area contributed by atoms with Crippen LogP contribution in [0.1, 0.15) is 284 Å². The average Bonchev–Trinajstić information content (AvgIpc) is 3.49. The molecule has 0 amide bonds. The predicted molar refractivity (Wildman–Crippen MR) is 357 cm³/mol. The molecule has 0 rings (SSSR count). The van der Waals surface area contributed by atoms with Crippen molar-refractivity contribution < 1.29 is 37.6 Å². The van der Waals surface area contributed by atoms with Gasteiger partial charge in [0.2, 0.25) is 0 Å². The summed E-state index contributed by atoms with van der Waals surface area (Å²) < 4.78 is 33.1. The molecule has 0 aliphatic rings. The molecule has 0 aromatic heterocycles. The fourth-order valence-corrected chi connectivity index (χ4v) is 9.84. The van der Waals surface area contributed by atoms with E-state index in [4.69, 9.17) is 24.3 Å². The maximum atomic E-state index is 12.7. The fraction of sp³-hybridized carbons (Fsp3) is 0.671. The molecule has 0 fully saturated rings. The summed E-state index contributed by atoms with van der Waals surface area (Å²) in [6, 6.07) is 0. The number of unbranched alkanes of at least 4 members (excludes halogenated alkanes) is 27. The summed E-state index contributed by atoms with van der Waals surface area (Å²) >= 11 is 0. The molecule has 2 atom stereocenters. The molecule has 9 nitrogen and oxygen atoms in total. The number of allylic oxidation sites excluding steroid dienone is 22. The first-order chi connectivity index (χ1) is 40.8. The van der Waals surface area contributed by atoms with Crippen LogP contribution in [-0.2, 0) is 32.7 Å². The first kappa shape index (κ1) is 79.2. The second-order valence-electron chi connectivity index (χ2n) is 22.0. The van der Waals surface area contributed by atoms with E-state index in [1.807, 2.05) is 0 Å². The number of nitrogens with two attached hydrogens (primary N) is 1. The van der Waals surface area contributed by atoms with E-state index in [-0.39, 0.29) is 32.6 Å². The van der Waals surface area contributed by atoms with Crippen LogP contribution >= 0.6 is 7.82 Å². The molecule has 0 saturated heterocycles. The Bertz CT molecular complexity index is 1820. The Morgan fingerprint density at radius 2 is 0.663 bits per heavy atom. The monoisotopic (exact) mass is 1170 g/mol. The topological polar surface area (TPSA) is 134 Å². The molecule has 0 saturated carbocycles. The van der Waals surface area contributed by atoms with Gasteiger partial charge in [-0.25, -0.2) is 4.57 Å². The van der Waals surface area contributed by atoms with E-state index in [0.717, 1.165) is 109 Å². The Morgan fingerprint density at radius 3 is 0.988 bits per heavy atom. The number of carbonyl (C=O) groups is 2. The van der Waals surface area contributed by atoms with Gasteiger partial charge >= 0.3 is 19.8 Å². The Kier molecular flexibility index (Phi) is 64.2. The van der Waals surface area contributed by atoms with E-state index in [0.29, 0.717) is 12.8 Å². The number of carbonyl (C=O) groups excluding carboxylic acids is 2. The van der Waals surface area contributed by atoms with Gasteiger partial charge in [-0.3, -0.25) is 18.6 Å². The van der Waals surface area contributed by atoms with Crippen molar-refractivity contribution in [1.82, 2.24) is 0 Å². The maximum Gasteiger partial charge on any atom is 0.472 e. The third-order valence-electron chi connectivity index (χ3n) is 14.0. The summed E-state index contributed by atoms with van der Waals surface area (Å²) in [5.41, 5.74) is 5.39. The van der Waals surface area contributed by atoms with Crippen LogP contribution in [-0.4, -0.2) is 49.3 Å². The van der Waals surface area contributed by atoms with Gasteiger partial charge in [0, 0.05) is 19.4 Å². The highest BCUT2D eigenvalue weighted by Crippen LogP contribution is 2.43. The molecule has 0 aromatic rings. The minimum Gasteiger partial charge on any atom is -0.462 e. The zero-order chi connectivity index (χ0) is 60.1. The molecule has 474 valence electrons. The number of hydrogen-bond donors (Lipinski definition) is 2. The van der Waals surface area contributed by atoms with Crippen molar-refractivity contribution in [1.29, 1.82) is 0 Å². The van der Waals surface area contributed by atoms with Gasteiger partial charge in [-0.2, -0.15) is 0 Å². The Hall–Kier alpha value is -3.85. The number of hydrogen-bond acceptors (Lipinski definition) is 8. The molecular weight excluding hydrogens is 1050 g/mol. The first-order valence-electron chi connectivity index (χ1n) is 33.7. The van der Waals surface area contributed by atoms with E-state index in [9.17, 15) is 19.0 Å². The van der Waals surface area contributed by atoms with Crippen molar-refractivity contribution >= 4 is 19.8 Å². The van der Waals surface area contributed by atoms with Crippen molar-refractivity contribution in [2.45, 2.75) is 290 Å². The van der Waals surface area contributed by atoms with E-state index < -0.39 is 32.5 Å². The average molecular weight is 1170 g/mol. The van der Waals surface area contributed by atoms with Crippen molar-refractivity contribution in [3.8, 4) is 0 Å². The molecule has 0 aromatic carbocycles. The summed E-state index contributed by atoms with van der Waals surface area (Å²) in [5, 5.41) is 0. The molecule has 0 aliphatic heterocycles. The van der Waals surface area contributed by atoms with Gasteiger partial charge in [0.1, 0.15) is 6.61 Å². The van der Waals surface area contributed by atoms with Crippen molar-refractivity contribution in [3.63, 3.8) is 0 Å². The van der Waals surface area contributed by atoms with Crippen LogP contribution in [0.15, 0.2) is 134 Å². The zero-order valence-electron chi connectivity index (χ0n) is 53.1. The summed E-state index contributed by atoms with van der Waals surface area (Å²) in [5.74, 6) is -0.841. The second-order valence-corrected chi connectivity index (χ2v) is 23.4. The number of esters is 2. The van der Waals surface area contributed by atoms with Gasteiger partial charge in [-0.1, -0.05) is 289 Å². The molecule has 0 aliphatic carbocycles. The highest BCUT2D eigenvalue weighted by atomic mass is 31.2. The lowest BCUT2D eigenvalue weighted by atomic mass is 10.0. The van der Waals surface area contributed by atoms with E-state index in [1.54, 1.807) is 0 Å². The van der Waals surface area contributed by atoms with E-state index in [1.165, 1.54) is 135 Å². The van der Waals surface area contributed by atoms with Crippen LogP contribution in [0.4, 0.5) is 0 Å². The highest BCUT2D eigenvalue weighted by Gasteiger charge is 2.26. The lowest BCUT2D eigenvalue weighted by Crippen LogP contribution is -2.29. The lowest BCUT2D eigenvalue weighted by Gasteiger charge is -2.19. The quantitative estimate of drug-likeness (QED) is 0.0264. The molecule has 2 unspecified atom stereocenters. The smallest absolute Gasteiger partial charge is 0.462 e. The van der Waals surface area contributed by atoms with Gasteiger partial charge in [-0.15, -0.1) is 0 Å². The van der Waals surface area contributed by atoms with E-state index in [2.05, 4.69) is 148 Å². The zero-order valence-corrected chi connectivity index (χ0v) is 54.0. The van der Waals surface area contributed by atoms with Gasteiger partial charge in [-0.05, 0) is 116 Å². The van der Waals surface area contributed by atoms with Crippen LogP contribution in [0, 0.1) is 0 Å². The standard InChI is InChI=1S/C73H124NO8P/c1-3-5-7-9-11-13-15-17-19-21-23-25-26-27-28-29-30-31-32-33-34-35-36-37-38-39-40-41-42-43-44-46-48-50-52-54-56-58-60-62-64-66-73(76)82-71(70-81-83(77,78)80-68-67-74)69-79-72(75)65-63-61-59-57-55-53-51-49-47-45-24-22-20-18-16-14-12-10-8-6-4-2/h5,7,11,13,16-19,22-25,27-28,30-31,33-34,36-37,47,49,71H,3-4,6,8-10,12,14-15,20-21,26,29,32,35,38-46,48,50-70,74H2,1-2H3,(H,77,78)/b7-5-,13-11-,18-16-,19-17-,24-22-,25-23-,28-27-,31-30-,34-33-,37-36-,49-47-. The third kappa shape index (κ3) is 67.2.